The predicted molar refractivity (Wildman–Crippen MR) is 116 cm³/mol. The van der Waals surface area contributed by atoms with Crippen molar-refractivity contribution in [1.29, 1.82) is 0 Å². The molecular weight excluding hydrogens is 422 g/mol. The fourth-order valence-electron chi connectivity index (χ4n) is 3.39. The Kier molecular flexibility index (Phi) is 6.28. The number of nitrogens with one attached hydrogen (secondary N) is 1. The number of ether oxygens (including phenoxy) is 1. The number of hydrogen-bond acceptors (Lipinski definition) is 9. The van der Waals surface area contributed by atoms with E-state index >= 15 is 0 Å². The van der Waals surface area contributed by atoms with Gasteiger partial charge in [0.15, 0.2) is 10.8 Å². The highest BCUT2D eigenvalue weighted by Crippen LogP contribution is 2.27. The molecule has 0 aliphatic carbocycles. The molecule has 1 aliphatic rings. The molecule has 0 radical (unpaired) electrons. The van der Waals surface area contributed by atoms with Gasteiger partial charge >= 0.3 is 0 Å². The minimum atomic E-state index is -0.566. The van der Waals surface area contributed by atoms with Crippen LogP contribution < -0.4 is 10.2 Å². The third-order valence-corrected chi connectivity index (χ3v) is 5.45. The van der Waals surface area contributed by atoms with E-state index in [1.807, 2.05) is 6.26 Å². The van der Waals surface area contributed by atoms with E-state index in [0.29, 0.717) is 30.6 Å². The van der Waals surface area contributed by atoms with Gasteiger partial charge in [-0.2, -0.15) is 5.10 Å². The average Bonchev–Trinajstić information content (AvgIpc) is 3.21. The number of thioether (sulfide) groups is 1. The summed E-state index contributed by atoms with van der Waals surface area (Å²) >= 11 is 1.45. The van der Waals surface area contributed by atoms with Crippen LogP contribution in [0.25, 0.3) is 11.0 Å². The maximum absolute atomic E-state index is 12.4. The smallest absolute Gasteiger partial charge is 0.282 e. The number of benzene rings is 1. The molecule has 12 heteroatoms. The Labute approximate surface area is 181 Å². The Bertz CT molecular complexity index is 1110. The number of nitrogens with zero attached hydrogens (tertiary/aromatic N) is 6. The monoisotopic (exact) mass is 443 g/mol. The van der Waals surface area contributed by atoms with Gasteiger partial charge in [-0.1, -0.05) is 23.9 Å². The van der Waals surface area contributed by atoms with Crippen LogP contribution in [0, 0.1) is 10.1 Å². The number of fused-ring (bicyclic) bond motifs is 1. The standard InChI is InChI=1S/C19H21N7O4S/c1-31-19-22-16(24-8-10-30-11-9-24)14-12-21-25(17(14)23-19)7-6-20-18(27)13-4-2-3-5-15(13)26(28)29/h2-5,12H,6-11H2,1H3,(H,20,27). The molecule has 1 aromatic carbocycles. The van der Waals surface area contributed by atoms with E-state index in [2.05, 4.69) is 25.3 Å². The second-order valence-corrected chi connectivity index (χ2v) is 7.54. The number of rotatable bonds is 7. The quantitative estimate of drug-likeness (QED) is 0.251. The van der Waals surface area contributed by atoms with Crippen molar-refractivity contribution in [2.24, 2.45) is 0 Å². The molecule has 0 saturated carbocycles. The minimum Gasteiger partial charge on any atom is -0.378 e. The third kappa shape index (κ3) is 4.44. The zero-order chi connectivity index (χ0) is 21.8. The number of nitro groups is 1. The van der Waals surface area contributed by atoms with E-state index in [1.165, 1.54) is 30.0 Å². The van der Waals surface area contributed by atoms with Gasteiger partial charge in [0.25, 0.3) is 11.6 Å². The van der Waals surface area contributed by atoms with Crippen molar-refractivity contribution in [1.82, 2.24) is 25.1 Å². The fourth-order valence-corrected chi connectivity index (χ4v) is 3.74. The van der Waals surface area contributed by atoms with Crippen LogP contribution in [0.3, 0.4) is 0 Å². The van der Waals surface area contributed by atoms with Crippen molar-refractivity contribution < 1.29 is 14.5 Å². The SMILES string of the molecule is CSc1nc(N2CCOCC2)c2cnn(CCNC(=O)c3ccccc3[N+](=O)[O-])c2n1. The summed E-state index contributed by atoms with van der Waals surface area (Å²) in [7, 11) is 0. The molecule has 1 saturated heterocycles. The number of nitro benzene ring substituents is 1. The number of anilines is 1. The zero-order valence-corrected chi connectivity index (χ0v) is 17.7. The number of para-hydroxylation sites is 1. The highest BCUT2D eigenvalue weighted by Gasteiger charge is 2.21. The van der Waals surface area contributed by atoms with Crippen LogP contribution in [-0.2, 0) is 11.3 Å². The maximum Gasteiger partial charge on any atom is 0.282 e. The van der Waals surface area contributed by atoms with Crippen LogP contribution in [-0.4, -0.2) is 69.7 Å². The Hall–Kier alpha value is -3.25. The van der Waals surface area contributed by atoms with E-state index < -0.39 is 10.8 Å². The first-order chi connectivity index (χ1) is 15.1. The van der Waals surface area contributed by atoms with Gasteiger partial charge in [-0.05, 0) is 12.3 Å². The topological polar surface area (TPSA) is 128 Å². The van der Waals surface area contributed by atoms with Gasteiger partial charge in [-0.25, -0.2) is 14.6 Å². The molecule has 162 valence electrons. The van der Waals surface area contributed by atoms with Crippen LogP contribution in [0.1, 0.15) is 10.4 Å². The number of hydrogen-bond donors (Lipinski definition) is 1. The van der Waals surface area contributed by atoms with Gasteiger partial charge in [-0.3, -0.25) is 14.9 Å². The highest BCUT2D eigenvalue weighted by molar-refractivity contribution is 7.98. The first-order valence-electron chi connectivity index (χ1n) is 9.70. The van der Waals surface area contributed by atoms with Gasteiger partial charge in [0, 0.05) is 25.7 Å². The summed E-state index contributed by atoms with van der Waals surface area (Å²) in [5.74, 6) is 0.324. The molecule has 0 atom stereocenters. The summed E-state index contributed by atoms with van der Waals surface area (Å²) in [4.78, 5) is 34.4. The summed E-state index contributed by atoms with van der Waals surface area (Å²) in [5.41, 5.74) is 0.484. The summed E-state index contributed by atoms with van der Waals surface area (Å²) in [6, 6.07) is 5.87. The number of carbonyl (C=O) groups is 1. The highest BCUT2D eigenvalue weighted by atomic mass is 32.2. The van der Waals surface area contributed by atoms with Crippen molar-refractivity contribution in [3.63, 3.8) is 0 Å². The van der Waals surface area contributed by atoms with E-state index in [9.17, 15) is 14.9 Å². The lowest BCUT2D eigenvalue weighted by Crippen LogP contribution is -2.37. The maximum atomic E-state index is 12.4. The lowest BCUT2D eigenvalue weighted by molar-refractivity contribution is -0.385. The predicted octanol–water partition coefficient (Wildman–Crippen LogP) is 1.72. The van der Waals surface area contributed by atoms with Crippen LogP contribution >= 0.6 is 11.8 Å². The molecule has 4 rings (SSSR count). The van der Waals surface area contributed by atoms with E-state index in [0.717, 1.165) is 24.3 Å². The largest absolute Gasteiger partial charge is 0.378 e. The van der Waals surface area contributed by atoms with Crippen molar-refractivity contribution in [3.8, 4) is 0 Å². The summed E-state index contributed by atoms with van der Waals surface area (Å²) in [6.45, 7) is 3.39. The molecule has 0 bridgehead atoms. The zero-order valence-electron chi connectivity index (χ0n) is 16.9. The lowest BCUT2D eigenvalue weighted by Gasteiger charge is -2.28. The van der Waals surface area contributed by atoms with Crippen LogP contribution in [0.4, 0.5) is 11.5 Å². The van der Waals surface area contributed by atoms with E-state index in [1.54, 1.807) is 16.9 Å². The summed E-state index contributed by atoms with van der Waals surface area (Å²) in [6.07, 6.45) is 3.64. The number of carbonyl (C=O) groups excluding carboxylic acids is 1. The van der Waals surface area contributed by atoms with Crippen LogP contribution in [0.5, 0.6) is 0 Å². The Morgan fingerprint density at radius 1 is 1.29 bits per heavy atom. The molecule has 2 aromatic heterocycles. The molecule has 0 unspecified atom stereocenters. The Morgan fingerprint density at radius 3 is 2.81 bits per heavy atom. The van der Waals surface area contributed by atoms with Gasteiger partial charge in [-0.15, -0.1) is 0 Å². The average molecular weight is 443 g/mol. The number of amides is 1. The summed E-state index contributed by atoms with van der Waals surface area (Å²) in [5, 5.41) is 19.8. The van der Waals surface area contributed by atoms with E-state index in [4.69, 9.17) is 4.74 Å². The number of aromatic nitrogens is 4. The Balaban J connectivity index is 1.52. The van der Waals surface area contributed by atoms with Gasteiger partial charge in [0.2, 0.25) is 0 Å². The molecule has 1 amide bonds. The second kappa shape index (κ2) is 9.27. The van der Waals surface area contributed by atoms with Crippen molar-refractivity contribution in [3.05, 3.63) is 46.1 Å². The number of morpholine rings is 1. The molecular formula is C19H21N7O4S. The van der Waals surface area contributed by atoms with Gasteiger partial charge in [0.05, 0.1) is 36.3 Å². The molecule has 3 heterocycles. The van der Waals surface area contributed by atoms with Crippen LogP contribution in [0.2, 0.25) is 0 Å². The first-order valence-corrected chi connectivity index (χ1v) is 10.9. The molecule has 1 aliphatic heterocycles. The van der Waals surface area contributed by atoms with Crippen molar-refractivity contribution in [2.75, 3.05) is 44.0 Å². The molecule has 31 heavy (non-hydrogen) atoms. The Morgan fingerprint density at radius 2 is 2.06 bits per heavy atom. The van der Waals surface area contributed by atoms with Gasteiger partial charge in [0.1, 0.15) is 11.4 Å². The van der Waals surface area contributed by atoms with E-state index in [-0.39, 0.29) is 17.8 Å². The third-order valence-electron chi connectivity index (χ3n) is 4.90. The minimum absolute atomic E-state index is 0.0272. The van der Waals surface area contributed by atoms with Crippen molar-refractivity contribution >= 4 is 40.2 Å². The molecule has 3 aromatic rings. The first kappa shape index (κ1) is 21.0. The summed E-state index contributed by atoms with van der Waals surface area (Å²) < 4.78 is 7.15. The lowest BCUT2D eigenvalue weighted by atomic mass is 10.1. The molecule has 1 N–H and O–H groups in total. The van der Waals surface area contributed by atoms with Crippen molar-refractivity contribution in [2.45, 2.75) is 11.7 Å². The molecule has 11 nitrogen and oxygen atoms in total. The molecule has 1 fully saturated rings. The fraction of sp³-hybridized carbons (Fsp3) is 0.368. The van der Waals surface area contributed by atoms with Gasteiger partial charge < -0.3 is 15.0 Å². The normalized spacial score (nSPS) is 14.0. The molecule has 0 spiro atoms. The van der Waals surface area contributed by atoms with Crippen LogP contribution in [0.15, 0.2) is 35.6 Å². The second-order valence-electron chi connectivity index (χ2n) is 6.77.